The minimum absolute atomic E-state index is 0.0633. The van der Waals surface area contributed by atoms with E-state index in [1.54, 1.807) is 72.8 Å². The molecule has 0 radical (unpaired) electrons. The van der Waals surface area contributed by atoms with Crippen LogP contribution in [0.1, 0.15) is 35.3 Å². The molecule has 0 bridgehead atoms. The molecule has 2 N–H and O–H groups in total. The average molecular weight is 471 g/mol. The van der Waals surface area contributed by atoms with Crippen LogP contribution < -0.4 is 15.4 Å². The first-order valence-corrected chi connectivity index (χ1v) is 10.5. The number of benzene rings is 3. The number of esters is 1. The molecule has 0 heterocycles. The van der Waals surface area contributed by atoms with Gasteiger partial charge in [0.1, 0.15) is 5.75 Å². The lowest BCUT2D eigenvalue weighted by atomic mass is 10.0. The second-order valence-electron chi connectivity index (χ2n) is 6.94. The van der Waals surface area contributed by atoms with Crippen molar-refractivity contribution in [3.05, 3.63) is 94.0 Å². The number of anilines is 1. The SMILES string of the molecule is CC(=O)NC(CC(=O)Oc1ccc(NC(=O)c2ccccc2Cl)cc1)c1ccc(Cl)cc1. The van der Waals surface area contributed by atoms with Crippen molar-refractivity contribution in [2.45, 2.75) is 19.4 Å². The molecule has 0 fully saturated rings. The third-order valence-electron chi connectivity index (χ3n) is 4.48. The second-order valence-corrected chi connectivity index (χ2v) is 7.78. The molecule has 0 aliphatic heterocycles. The Bertz CT molecular complexity index is 1120. The summed E-state index contributed by atoms with van der Waals surface area (Å²) in [5.41, 5.74) is 1.61. The average Bonchev–Trinajstić information content (AvgIpc) is 2.75. The van der Waals surface area contributed by atoms with Gasteiger partial charge in [-0.2, -0.15) is 0 Å². The van der Waals surface area contributed by atoms with Gasteiger partial charge in [-0.15, -0.1) is 0 Å². The summed E-state index contributed by atoms with van der Waals surface area (Å²) in [5, 5.41) is 6.39. The molecule has 0 saturated heterocycles. The number of ether oxygens (including phenoxy) is 1. The Morgan fingerprint density at radius 3 is 2.19 bits per heavy atom. The van der Waals surface area contributed by atoms with Gasteiger partial charge in [0, 0.05) is 17.6 Å². The van der Waals surface area contributed by atoms with Crippen LogP contribution in [0.25, 0.3) is 0 Å². The molecule has 3 rings (SSSR count). The van der Waals surface area contributed by atoms with E-state index in [1.165, 1.54) is 6.92 Å². The van der Waals surface area contributed by atoms with Crippen LogP contribution in [0.5, 0.6) is 5.75 Å². The highest BCUT2D eigenvalue weighted by Crippen LogP contribution is 2.23. The maximum absolute atomic E-state index is 12.4. The Balaban J connectivity index is 1.61. The molecule has 0 aliphatic carbocycles. The fraction of sp³-hybridized carbons (Fsp3) is 0.125. The van der Waals surface area contributed by atoms with Gasteiger partial charge in [0.15, 0.2) is 0 Å². The number of hydrogen-bond acceptors (Lipinski definition) is 4. The number of amides is 2. The molecule has 3 aromatic carbocycles. The van der Waals surface area contributed by atoms with Gasteiger partial charge in [0.05, 0.1) is 23.0 Å². The largest absolute Gasteiger partial charge is 0.426 e. The number of hydrogen-bond donors (Lipinski definition) is 2. The van der Waals surface area contributed by atoms with E-state index in [-0.39, 0.29) is 18.2 Å². The Morgan fingerprint density at radius 2 is 1.56 bits per heavy atom. The van der Waals surface area contributed by atoms with Crippen molar-refractivity contribution in [2.24, 2.45) is 0 Å². The van der Waals surface area contributed by atoms with E-state index < -0.39 is 12.0 Å². The summed E-state index contributed by atoms with van der Waals surface area (Å²) in [4.78, 5) is 36.3. The summed E-state index contributed by atoms with van der Waals surface area (Å²) < 4.78 is 5.39. The van der Waals surface area contributed by atoms with Gasteiger partial charge in [-0.05, 0) is 54.1 Å². The Kier molecular flexibility index (Phi) is 7.87. The molecule has 0 aromatic heterocycles. The van der Waals surface area contributed by atoms with Crippen LogP contribution in [0.15, 0.2) is 72.8 Å². The number of halogens is 2. The molecule has 0 aliphatic rings. The third kappa shape index (κ3) is 6.57. The van der Waals surface area contributed by atoms with Crippen LogP contribution in [0.2, 0.25) is 10.0 Å². The lowest BCUT2D eigenvalue weighted by molar-refractivity contribution is -0.135. The smallest absolute Gasteiger partial charge is 0.313 e. The molecule has 32 heavy (non-hydrogen) atoms. The monoisotopic (exact) mass is 470 g/mol. The molecular formula is C24H20Cl2N2O4. The Hall–Kier alpha value is -3.35. The minimum atomic E-state index is -0.550. The van der Waals surface area contributed by atoms with Crippen LogP contribution in [0.4, 0.5) is 5.69 Å². The van der Waals surface area contributed by atoms with Crippen molar-refractivity contribution in [1.29, 1.82) is 0 Å². The van der Waals surface area contributed by atoms with Crippen LogP contribution in [-0.4, -0.2) is 17.8 Å². The zero-order chi connectivity index (χ0) is 23.1. The predicted octanol–water partition coefficient (Wildman–Crippen LogP) is 5.42. The van der Waals surface area contributed by atoms with E-state index in [0.717, 1.165) is 5.56 Å². The zero-order valence-electron chi connectivity index (χ0n) is 17.1. The molecule has 164 valence electrons. The first kappa shape index (κ1) is 23.3. The fourth-order valence-electron chi connectivity index (χ4n) is 2.98. The van der Waals surface area contributed by atoms with Crippen molar-refractivity contribution in [3.63, 3.8) is 0 Å². The van der Waals surface area contributed by atoms with Crippen molar-refractivity contribution >= 4 is 46.7 Å². The van der Waals surface area contributed by atoms with Gasteiger partial charge in [0.2, 0.25) is 5.91 Å². The quantitative estimate of drug-likeness (QED) is 0.356. The van der Waals surface area contributed by atoms with Crippen LogP contribution in [0.3, 0.4) is 0 Å². The summed E-state index contributed by atoms with van der Waals surface area (Å²) in [6.07, 6.45) is -0.0633. The molecule has 0 spiro atoms. The summed E-state index contributed by atoms with van der Waals surface area (Å²) in [7, 11) is 0. The van der Waals surface area contributed by atoms with Gasteiger partial charge in [-0.25, -0.2) is 0 Å². The number of carbonyl (C=O) groups is 3. The van der Waals surface area contributed by atoms with Gasteiger partial charge in [-0.3, -0.25) is 14.4 Å². The van der Waals surface area contributed by atoms with Gasteiger partial charge in [0.25, 0.3) is 5.91 Å². The highest BCUT2D eigenvalue weighted by atomic mass is 35.5. The number of carbonyl (C=O) groups excluding carboxylic acids is 3. The highest BCUT2D eigenvalue weighted by molar-refractivity contribution is 6.34. The first-order valence-electron chi connectivity index (χ1n) is 9.71. The highest BCUT2D eigenvalue weighted by Gasteiger charge is 2.19. The minimum Gasteiger partial charge on any atom is -0.426 e. The van der Waals surface area contributed by atoms with Crippen LogP contribution in [-0.2, 0) is 9.59 Å². The molecule has 2 amide bonds. The van der Waals surface area contributed by atoms with Gasteiger partial charge < -0.3 is 15.4 Å². The molecule has 1 unspecified atom stereocenters. The van der Waals surface area contributed by atoms with Crippen LogP contribution in [0, 0.1) is 0 Å². The van der Waals surface area contributed by atoms with Gasteiger partial charge in [-0.1, -0.05) is 47.5 Å². The summed E-state index contributed by atoms with van der Waals surface area (Å²) in [6.45, 7) is 1.38. The number of rotatable bonds is 7. The van der Waals surface area contributed by atoms with Crippen molar-refractivity contribution in [3.8, 4) is 5.75 Å². The van der Waals surface area contributed by atoms with E-state index in [1.807, 2.05) is 0 Å². The third-order valence-corrected chi connectivity index (χ3v) is 5.06. The van der Waals surface area contributed by atoms with Crippen molar-refractivity contribution in [2.75, 3.05) is 5.32 Å². The second kappa shape index (κ2) is 10.8. The van der Waals surface area contributed by atoms with E-state index >= 15 is 0 Å². The first-order chi connectivity index (χ1) is 15.3. The van der Waals surface area contributed by atoms with Crippen molar-refractivity contribution < 1.29 is 19.1 Å². The molecule has 6 nitrogen and oxygen atoms in total. The summed E-state index contributed by atoms with van der Waals surface area (Å²) in [5.74, 6) is -0.826. The van der Waals surface area contributed by atoms with Gasteiger partial charge >= 0.3 is 5.97 Å². The Morgan fingerprint density at radius 1 is 0.906 bits per heavy atom. The molecule has 8 heteroatoms. The van der Waals surface area contributed by atoms with Crippen LogP contribution >= 0.6 is 23.2 Å². The lowest BCUT2D eigenvalue weighted by Crippen LogP contribution is -2.29. The fourth-order valence-corrected chi connectivity index (χ4v) is 3.33. The Labute approximate surface area is 195 Å². The maximum Gasteiger partial charge on any atom is 0.313 e. The summed E-state index contributed by atoms with van der Waals surface area (Å²) in [6, 6.07) is 19.4. The standard InChI is InChI=1S/C24H20Cl2N2O4/c1-15(29)27-22(16-6-8-17(25)9-7-16)14-23(30)32-19-12-10-18(11-13-19)28-24(31)20-4-2-3-5-21(20)26/h2-13,22H,14H2,1H3,(H,27,29)(H,28,31). The molecule has 0 saturated carbocycles. The normalized spacial score (nSPS) is 11.3. The van der Waals surface area contributed by atoms with E-state index in [4.69, 9.17) is 27.9 Å². The molecular weight excluding hydrogens is 451 g/mol. The predicted molar refractivity (Wildman–Crippen MR) is 124 cm³/mol. The van der Waals surface area contributed by atoms with Crippen molar-refractivity contribution in [1.82, 2.24) is 5.32 Å². The summed E-state index contributed by atoms with van der Waals surface area (Å²) >= 11 is 12.0. The van der Waals surface area contributed by atoms with E-state index in [2.05, 4.69) is 10.6 Å². The zero-order valence-corrected chi connectivity index (χ0v) is 18.6. The topological polar surface area (TPSA) is 84.5 Å². The lowest BCUT2D eigenvalue weighted by Gasteiger charge is -2.18. The molecule has 3 aromatic rings. The van der Waals surface area contributed by atoms with E-state index in [9.17, 15) is 14.4 Å². The number of nitrogens with one attached hydrogen (secondary N) is 2. The molecule has 1 atom stereocenters. The maximum atomic E-state index is 12.4. The van der Waals surface area contributed by atoms with E-state index in [0.29, 0.717) is 27.0 Å².